The normalized spacial score (nSPS) is 16.3. The Morgan fingerprint density at radius 1 is 1.27 bits per heavy atom. The van der Waals surface area contributed by atoms with Crippen LogP contribution in [0.5, 0.6) is 0 Å². The minimum atomic E-state index is 0.798. The van der Waals surface area contributed by atoms with E-state index in [4.69, 9.17) is 11.6 Å². The molecule has 0 atom stereocenters. The second kappa shape index (κ2) is 3.54. The largest absolute Gasteiger partial charge is 0.358 e. The van der Waals surface area contributed by atoms with Gasteiger partial charge >= 0.3 is 0 Å². The van der Waals surface area contributed by atoms with Crippen LogP contribution in [-0.2, 0) is 13.0 Å². The van der Waals surface area contributed by atoms with Crippen molar-refractivity contribution in [3.8, 4) is 0 Å². The lowest BCUT2D eigenvalue weighted by Gasteiger charge is -1.99. The first kappa shape index (κ1) is 9.25. The molecule has 78 valence electrons. The Balaban J connectivity index is 2.23. The van der Waals surface area contributed by atoms with Gasteiger partial charge in [0.2, 0.25) is 0 Å². The number of H-pyrrole nitrogens is 1. The van der Waals surface area contributed by atoms with Crippen molar-refractivity contribution >= 4 is 22.5 Å². The monoisotopic (exact) mass is 220 g/mol. The van der Waals surface area contributed by atoms with Crippen molar-refractivity contribution < 1.29 is 0 Å². The Kier molecular flexibility index (Phi) is 2.19. The van der Waals surface area contributed by atoms with Gasteiger partial charge in [-0.15, -0.1) is 0 Å². The number of aryl methyl sites for hydroxylation is 1. The van der Waals surface area contributed by atoms with Crippen LogP contribution in [0.15, 0.2) is 18.2 Å². The van der Waals surface area contributed by atoms with Crippen molar-refractivity contribution in [2.75, 3.05) is 6.54 Å². The van der Waals surface area contributed by atoms with Gasteiger partial charge in [-0.3, -0.25) is 0 Å². The van der Waals surface area contributed by atoms with Crippen molar-refractivity contribution in [2.24, 2.45) is 0 Å². The third-order valence-corrected chi connectivity index (χ3v) is 3.27. The van der Waals surface area contributed by atoms with E-state index in [0.29, 0.717) is 0 Å². The standard InChI is InChI=1S/C12H13ClN2/c13-8-3-4-9-10-7-14-5-1-2-11(10)15-12(9)6-8/h3-4,6,14-15H,1-2,5,7H2. The maximum absolute atomic E-state index is 5.98. The van der Waals surface area contributed by atoms with E-state index in [1.807, 2.05) is 12.1 Å². The van der Waals surface area contributed by atoms with Crippen LogP contribution in [0.25, 0.3) is 10.9 Å². The van der Waals surface area contributed by atoms with Gasteiger partial charge in [-0.05, 0) is 37.1 Å². The molecule has 0 saturated heterocycles. The molecule has 2 nitrogen and oxygen atoms in total. The van der Waals surface area contributed by atoms with Gasteiger partial charge in [0.25, 0.3) is 0 Å². The van der Waals surface area contributed by atoms with Crippen LogP contribution >= 0.6 is 11.6 Å². The molecule has 0 saturated carbocycles. The molecule has 1 aromatic carbocycles. The molecule has 1 aliphatic rings. The van der Waals surface area contributed by atoms with Crippen molar-refractivity contribution in [3.05, 3.63) is 34.5 Å². The van der Waals surface area contributed by atoms with Crippen LogP contribution in [0.2, 0.25) is 5.02 Å². The molecule has 2 aromatic rings. The first-order valence-electron chi connectivity index (χ1n) is 5.34. The van der Waals surface area contributed by atoms with E-state index in [-0.39, 0.29) is 0 Å². The summed E-state index contributed by atoms with van der Waals surface area (Å²) >= 11 is 5.98. The lowest BCUT2D eigenvalue weighted by molar-refractivity contribution is 0.680. The molecule has 0 bridgehead atoms. The van der Waals surface area contributed by atoms with Crippen molar-refractivity contribution in [2.45, 2.75) is 19.4 Å². The molecule has 0 aliphatic carbocycles. The zero-order valence-corrected chi connectivity index (χ0v) is 9.19. The summed E-state index contributed by atoms with van der Waals surface area (Å²) in [7, 11) is 0. The predicted molar refractivity (Wildman–Crippen MR) is 63.3 cm³/mol. The van der Waals surface area contributed by atoms with E-state index < -0.39 is 0 Å². The Morgan fingerprint density at radius 2 is 2.20 bits per heavy atom. The number of nitrogens with one attached hydrogen (secondary N) is 2. The molecule has 0 fully saturated rings. The zero-order chi connectivity index (χ0) is 10.3. The van der Waals surface area contributed by atoms with Crippen LogP contribution in [0, 0.1) is 0 Å². The highest BCUT2D eigenvalue weighted by molar-refractivity contribution is 6.31. The zero-order valence-electron chi connectivity index (χ0n) is 8.44. The molecule has 0 radical (unpaired) electrons. The molecule has 2 N–H and O–H groups in total. The molecule has 0 spiro atoms. The van der Waals surface area contributed by atoms with Crippen molar-refractivity contribution in [1.82, 2.24) is 10.3 Å². The summed E-state index contributed by atoms with van der Waals surface area (Å²) in [5, 5.41) is 5.55. The fourth-order valence-electron chi connectivity index (χ4n) is 2.30. The van der Waals surface area contributed by atoms with Gasteiger partial charge in [-0.1, -0.05) is 17.7 Å². The van der Waals surface area contributed by atoms with Crippen LogP contribution in [0.1, 0.15) is 17.7 Å². The van der Waals surface area contributed by atoms with Gasteiger partial charge in [-0.2, -0.15) is 0 Å². The third kappa shape index (κ3) is 1.54. The second-order valence-corrected chi connectivity index (χ2v) is 4.49. The average molecular weight is 221 g/mol. The third-order valence-electron chi connectivity index (χ3n) is 3.04. The van der Waals surface area contributed by atoms with Crippen molar-refractivity contribution in [3.63, 3.8) is 0 Å². The molecular weight excluding hydrogens is 208 g/mol. The Bertz CT molecular complexity index is 502. The highest BCUT2D eigenvalue weighted by Crippen LogP contribution is 2.27. The number of benzene rings is 1. The smallest absolute Gasteiger partial charge is 0.0474 e. The van der Waals surface area contributed by atoms with Crippen LogP contribution < -0.4 is 5.32 Å². The summed E-state index contributed by atoms with van der Waals surface area (Å²) < 4.78 is 0. The molecular formula is C12H13ClN2. The minimum absolute atomic E-state index is 0.798. The fraction of sp³-hybridized carbons (Fsp3) is 0.333. The quantitative estimate of drug-likeness (QED) is 0.702. The first-order chi connectivity index (χ1) is 7.34. The summed E-state index contributed by atoms with van der Waals surface area (Å²) in [6, 6.07) is 6.08. The van der Waals surface area contributed by atoms with E-state index in [1.165, 1.54) is 23.1 Å². The Morgan fingerprint density at radius 3 is 3.13 bits per heavy atom. The van der Waals surface area contributed by atoms with E-state index in [2.05, 4.69) is 16.4 Å². The summed E-state index contributed by atoms with van der Waals surface area (Å²) in [5.74, 6) is 0. The number of fused-ring (bicyclic) bond motifs is 3. The number of aromatic amines is 1. The maximum Gasteiger partial charge on any atom is 0.0474 e. The Hall–Kier alpha value is -0.990. The lowest BCUT2D eigenvalue weighted by Crippen LogP contribution is -2.11. The fourth-order valence-corrected chi connectivity index (χ4v) is 2.47. The van der Waals surface area contributed by atoms with Crippen LogP contribution in [0.3, 0.4) is 0 Å². The number of hydrogen-bond acceptors (Lipinski definition) is 1. The number of halogens is 1. The van der Waals surface area contributed by atoms with Gasteiger partial charge in [0.05, 0.1) is 0 Å². The van der Waals surface area contributed by atoms with Gasteiger partial charge < -0.3 is 10.3 Å². The van der Waals surface area contributed by atoms with Gasteiger partial charge in [0.15, 0.2) is 0 Å². The summed E-state index contributed by atoms with van der Waals surface area (Å²) in [5.41, 5.74) is 3.95. The molecule has 3 heteroatoms. The SMILES string of the molecule is Clc1ccc2c3c([nH]c2c1)CCCNC3. The molecule has 1 aliphatic heterocycles. The number of hydrogen-bond donors (Lipinski definition) is 2. The summed E-state index contributed by atoms with van der Waals surface area (Å²) in [6.45, 7) is 2.08. The highest BCUT2D eigenvalue weighted by Gasteiger charge is 2.13. The molecule has 1 aromatic heterocycles. The number of rotatable bonds is 0. The number of aromatic nitrogens is 1. The van der Waals surface area contributed by atoms with Gasteiger partial charge in [-0.25, -0.2) is 0 Å². The lowest BCUT2D eigenvalue weighted by atomic mass is 10.1. The van der Waals surface area contributed by atoms with E-state index in [1.54, 1.807) is 0 Å². The predicted octanol–water partition coefficient (Wildman–Crippen LogP) is 2.86. The van der Waals surface area contributed by atoms with E-state index in [0.717, 1.165) is 30.0 Å². The summed E-state index contributed by atoms with van der Waals surface area (Å²) in [6.07, 6.45) is 2.34. The minimum Gasteiger partial charge on any atom is -0.358 e. The Labute approximate surface area is 93.6 Å². The molecule has 15 heavy (non-hydrogen) atoms. The van der Waals surface area contributed by atoms with Crippen LogP contribution in [-0.4, -0.2) is 11.5 Å². The van der Waals surface area contributed by atoms with Gasteiger partial charge in [0, 0.05) is 28.2 Å². The van der Waals surface area contributed by atoms with Gasteiger partial charge in [0.1, 0.15) is 0 Å². The molecule has 3 rings (SSSR count). The molecule has 0 amide bonds. The van der Waals surface area contributed by atoms with Crippen LogP contribution in [0.4, 0.5) is 0 Å². The molecule has 2 heterocycles. The second-order valence-electron chi connectivity index (χ2n) is 4.05. The van der Waals surface area contributed by atoms with Crippen molar-refractivity contribution in [1.29, 1.82) is 0 Å². The van der Waals surface area contributed by atoms with E-state index in [9.17, 15) is 0 Å². The summed E-state index contributed by atoms with van der Waals surface area (Å²) in [4.78, 5) is 3.47. The first-order valence-corrected chi connectivity index (χ1v) is 5.72. The maximum atomic E-state index is 5.98. The topological polar surface area (TPSA) is 27.8 Å². The molecule has 0 unspecified atom stereocenters. The average Bonchev–Trinajstić information content (AvgIpc) is 2.42. The van der Waals surface area contributed by atoms with E-state index >= 15 is 0 Å². The highest BCUT2D eigenvalue weighted by atomic mass is 35.5.